The second kappa shape index (κ2) is 15.5. The van der Waals surface area contributed by atoms with Crippen LogP contribution < -0.4 is 21.7 Å². The molecule has 0 bridgehead atoms. The molecule has 4 heterocycles. The lowest BCUT2D eigenvalue weighted by Gasteiger charge is -2.39. The SMILES string of the molecule is CCc1cc2c(cc1N1CCN(C(=O)CCCN3CC[C@@H](NC(=O)[C@@H](N)CCCn4ccnc4N)C3)CC1)C(C)(C)c1c(c3ccc(C#N)cc3n1C)C2=O. The van der Waals surface area contributed by atoms with Gasteiger partial charge in [-0.05, 0) is 74.0 Å². The summed E-state index contributed by atoms with van der Waals surface area (Å²) in [5, 5.41) is 13.5. The maximum absolute atomic E-state index is 14.2. The Morgan fingerprint density at radius 3 is 2.58 bits per heavy atom. The molecule has 3 aliphatic rings. The highest BCUT2D eigenvalue weighted by Gasteiger charge is 2.42. The van der Waals surface area contributed by atoms with Gasteiger partial charge in [0.05, 0.1) is 28.8 Å². The number of benzene rings is 2. The fourth-order valence-corrected chi connectivity index (χ4v) is 9.06. The molecular weight excluding hydrogens is 693 g/mol. The average molecular weight is 747 g/mol. The number of aromatic nitrogens is 3. The van der Waals surface area contributed by atoms with Gasteiger partial charge in [-0.3, -0.25) is 14.4 Å². The summed E-state index contributed by atoms with van der Waals surface area (Å²) in [4.78, 5) is 51.0. The first-order chi connectivity index (χ1) is 26.4. The monoisotopic (exact) mass is 746 g/mol. The minimum Gasteiger partial charge on any atom is -0.369 e. The zero-order chi connectivity index (χ0) is 39.0. The molecule has 0 unspecified atom stereocenters. The number of nitrogens with zero attached hydrogens (tertiary/aromatic N) is 7. The summed E-state index contributed by atoms with van der Waals surface area (Å²) in [5.41, 5.74) is 18.8. The third-order valence-electron chi connectivity index (χ3n) is 12.1. The first kappa shape index (κ1) is 38.1. The average Bonchev–Trinajstić information content (AvgIpc) is 3.90. The van der Waals surface area contributed by atoms with E-state index in [0.29, 0.717) is 44.0 Å². The van der Waals surface area contributed by atoms with Crippen LogP contribution in [0.3, 0.4) is 0 Å². The molecule has 4 aromatic rings. The minimum atomic E-state index is -0.563. The number of carbonyl (C=O) groups is 3. The van der Waals surface area contributed by atoms with E-state index in [1.165, 1.54) is 0 Å². The molecule has 13 heteroatoms. The number of anilines is 2. The van der Waals surface area contributed by atoms with Gasteiger partial charge in [0.15, 0.2) is 11.7 Å². The maximum Gasteiger partial charge on any atom is 0.237 e. The van der Waals surface area contributed by atoms with Crippen LogP contribution in [0.4, 0.5) is 11.6 Å². The molecule has 2 amide bonds. The smallest absolute Gasteiger partial charge is 0.237 e. The van der Waals surface area contributed by atoms with Gasteiger partial charge in [-0.2, -0.15) is 5.26 Å². The molecule has 2 aromatic heterocycles. The van der Waals surface area contributed by atoms with Crippen molar-refractivity contribution in [2.75, 3.05) is 56.4 Å². The van der Waals surface area contributed by atoms with Crippen LogP contribution in [0.25, 0.3) is 10.9 Å². The Balaban J connectivity index is 0.904. The summed E-state index contributed by atoms with van der Waals surface area (Å²) in [6.07, 6.45) is 7.73. The van der Waals surface area contributed by atoms with Crippen LogP contribution in [0.15, 0.2) is 42.7 Å². The molecule has 5 N–H and O–H groups in total. The van der Waals surface area contributed by atoms with Crippen LogP contribution in [-0.2, 0) is 35.0 Å². The second-order valence-corrected chi connectivity index (χ2v) is 16.0. The first-order valence-corrected chi connectivity index (χ1v) is 19.7. The van der Waals surface area contributed by atoms with Crippen molar-refractivity contribution >= 4 is 40.1 Å². The Kier molecular flexibility index (Phi) is 10.7. The fraction of sp³-hybridized carbons (Fsp3) is 0.500. The third-order valence-corrected chi connectivity index (χ3v) is 12.1. The van der Waals surface area contributed by atoms with E-state index in [0.717, 1.165) is 103 Å². The normalized spacial score (nSPS) is 18.6. The molecule has 0 radical (unpaired) electrons. The molecule has 2 atom stereocenters. The van der Waals surface area contributed by atoms with Crippen LogP contribution in [0.2, 0.25) is 0 Å². The predicted molar refractivity (Wildman–Crippen MR) is 214 cm³/mol. The summed E-state index contributed by atoms with van der Waals surface area (Å²) in [5.74, 6) is 0.565. The number of aryl methyl sites for hydroxylation is 3. The zero-order valence-corrected chi connectivity index (χ0v) is 32.6. The number of imidazole rings is 1. The van der Waals surface area contributed by atoms with Crippen molar-refractivity contribution in [1.82, 2.24) is 29.2 Å². The van der Waals surface area contributed by atoms with Gasteiger partial charge in [0.2, 0.25) is 11.8 Å². The van der Waals surface area contributed by atoms with Gasteiger partial charge in [-0.1, -0.05) is 26.8 Å². The van der Waals surface area contributed by atoms with Crippen LogP contribution in [0.5, 0.6) is 0 Å². The van der Waals surface area contributed by atoms with E-state index in [2.05, 4.69) is 63.6 Å². The number of nitrogens with one attached hydrogen (secondary N) is 1. The Bertz CT molecular complexity index is 2150. The number of nitrogens with two attached hydrogens (primary N) is 2. The molecule has 290 valence electrons. The zero-order valence-electron chi connectivity index (χ0n) is 32.6. The van der Waals surface area contributed by atoms with Gasteiger partial charge in [-0.15, -0.1) is 0 Å². The number of likely N-dealkylation sites (tertiary alicyclic amines) is 1. The number of ketones is 1. The van der Waals surface area contributed by atoms with Crippen LogP contribution in [-0.4, -0.2) is 99.4 Å². The predicted octanol–water partition coefficient (Wildman–Crippen LogP) is 3.69. The lowest BCUT2D eigenvalue weighted by Crippen LogP contribution is -2.49. The highest BCUT2D eigenvalue weighted by atomic mass is 16.2. The molecule has 13 nitrogen and oxygen atoms in total. The second-order valence-electron chi connectivity index (χ2n) is 16.0. The summed E-state index contributed by atoms with van der Waals surface area (Å²) in [6, 6.07) is 11.6. The van der Waals surface area contributed by atoms with E-state index < -0.39 is 11.5 Å². The van der Waals surface area contributed by atoms with Crippen LogP contribution in [0.1, 0.15) is 91.2 Å². The molecule has 0 saturated carbocycles. The molecular formula is C42H54N10O3. The van der Waals surface area contributed by atoms with Gasteiger partial charge in [0, 0.05) is 105 Å². The van der Waals surface area contributed by atoms with Crippen molar-refractivity contribution < 1.29 is 14.4 Å². The van der Waals surface area contributed by atoms with Crippen molar-refractivity contribution in [3.05, 3.63) is 76.2 Å². The van der Waals surface area contributed by atoms with Gasteiger partial charge in [-0.25, -0.2) is 4.98 Å². The summed E-state index contributed by atoms with van der Waals surface area (Å²) >= 11 is 0. The van der Waals surface area contributed by atoms with Gasteiger partial charge >= 0.3 is 0 Å². The first-order valence-electron chi connectivity index (χ1n) is 19.7. The van der Waals surface area contributed by atoms with Crippen molar-refractivity contribution in [3.63, 3.8) is 0 Å². The van der Waals surface area contributed by atoms with Gasteiger partial charge < -0.3 is 40.6 Å². The van der Waals surface area contributed by atoms with E-state index in [-0.39, 0.29) is 23.6 Å². The molecule has 7 rings (SSSR count). The Hall–Kier alpha value is -5.19. The maximum atomic E-state index is 14.2. The molecule has 2 fully saturated rings. The minimum absolute atomic E-state index is 0.0366. The van der Waals surface area contributed by atoms with Gasteiger partial charge in [0.25, 0.3) is 0 Å². The quantitative estimate of drug-likeness (QED) is 0.196. The molecule has 2 aliphatic heterocycles. The third kappa shape index (κ3) is 7.33. The Morgan fingerprint density at radius 1 is 1.09 bits per heavy atom. The molecule has 2 saturated heterocycles. The Morgan fingerprint density at radius 2 is 1.87 bits per heavy atom. The molecule has 55 heavy (non-hydrogen) atoms. The van der Waals surface area contributed by atoms with E-state index in [4.69, 9.17) is 11.5 Å². The van der Waals surface area contributed by atoms with E-state index in [9.17, 15) is 19.6 Å². The Labute approximate surface area is 323 Å². The van der Waals surface area contributed by atoms with Gasteiger partial charge in [0.1, 0.15) is 0 Å². The molecule has 2 aromatic carbocycles. The largest absolute Gasteiger partial charge is 0.369 e. The fourth-order valence-electron chi connectivity index (χ4n) is 9.06. The number of hydrogen-bond acceptors (Lipinski definition) is 9. The van der Waals surface area contributed by atoms with E-state index >= 15 is 0 Å². The van der Waals surface area contributed by atoms with Crippen molar-refractivity contribution in [2.45, 2.75) is 83.3 Å². The highest BCUT2D eigenvalue weighted by Crippen LogP contribution is 2.47. The summed E-state index contributed by atoms with van der Waals surface area (Å²) < 4.78 is 3.94. The molecule has 1 aliphatic carbocycles. The number of amides is 2. The lowest BCUT2D eigenvalue weighted by atomic mass is 9.70. The van der Waals surface area contributed by atoms with E-state index in [1.807, 2.05) is 34.8 Å². The van der Waals surface area contributed by atoms with Crippen molar-refractivity contribution in [2.24, 2.45) is 12.8 Å². The topological polar surface area (TPSA) is 172 Å². The number of carbonyl (C=O) groups excluding carboxylic acids is 3. The van der Waals surface area contributed by atoms with Crippen LogP contribution >= 0.6 is 0 Å². The van der Waals surface area contributed by atoms with Crippen molar-refractivity contribution in [3.8, 4) is 6.07 Å². The number of hydrogen-bond donors (Lipinski definition) is 3. The standard InChI is InChI=1S/C42H54N10O3/c1-5-28-23-31-32(42(2,3)39-37(38(31)54)30-11-10-27(25-43)22-35(30)48(39)4)24-34(28)50-18-20-51(21-19-50)36(53)9-7-14-49-16-12-29(26-49)47-40(55)33(44)8-6-15-52-17-13-46-41(52)45/h10-11,13,17,22-24,29,33H,5-9,12,14-16,18-21,26,44H2,1-4H3,(H2,45,46)(H,47,55)/t29-,33+/m1/s1. The lowest BCUT2D eigenvalue weighted by molar-refractivity contribution is -0.131. The molecule has 0 spiro atoms. The number of nitriles is 1. The number of nitrogen functional groups attached to an aromatic ring is 1. The summed E-state index contributed by atoms with van der Waals surface area (Å²) in [7, 11) is 1.99. The van der Waals surface area contributed by atoms with Crippen molar-refractivity contribution in [1.29, 1.82) is 5.26 Å². The summed E-state index contributed by atoms with van der Waals surface area (Å²) in [6.45, 7) is 12.4. The number of fused-ring (bicyclic) bond motifs is 4. The number of piperazine rings is 1. The van der Waals surface area contributed by atoms with E-state index in [1.54, 1.807) is 12.3 Å². The van der Waals surface area contributed by atoms with Crippen LogP contribution in [0, 0.1) is 11.3 Å². The number of rotatable bonds is 12. The highest BCUT2D eigenvalue weighted by molar-refractivity contribution is 6.20.